The summed E-state index contributed by atoms with van der Waals surface area (Å²) in [6.45, 7) is 2.14. The van der Waals surface area contributed by atoms with Crippen LogP contribution in [-0.2, 0) is 9.53 Å². The van der Waals surface area contributed by atoms with Crippen molar-refractivity contribution in [3.63, 3.8) is 0 Å². The van der Waals surface area contributed by atoms with E-state index in [9.17, 15) is 9.59 Å². The Kier molecular flexibility index (Phi) is 5.29. The summed E-state index contributed by atoms with van der Waals surface area (Å²) >= 11 is 0. The molecule has 0 saturated heterocycles. The fraction of sp³-hybridized carbons (Fsp3) is 0.238. The van der Waals surface area contributed by atoms with Gasteiger partial charge in [-0.15, -0.1) is 0 Å². The highest BCUT2D eigenvalue weighted by atomic mass is 16.5. The van der Waals surface area contributed by atoms with Crippen molar-refractivity contribution in [1.29, 1.82) is 0 Å². The summed E-state index contributed by atoms with van der Waals surface area (Å²) in [7, 11) is 0. The van der Waals surface area contributed by atoms with Gasteiger partial charge in [0.2, 0.25) is 0 Å². The van der Waals surface area contributed by atoms with Gasteiger partial charge >= 0.3 is 5.97 Å². The zero-order valence-corrected chi connectivity index (χ0v) is 14.2. The number of carbonyl (C=O) groups excluding carboxylic acids is 2. The summed E-state index contributed by atoms with van der Waals surface area (Å²) in [5.41, 5.74) is 3.44. The Morgan fingerprint density at radius 1 is 1.08 bits per heavy atom. The Hall–Kier alpha value is -2.88. The molecule has 0 radical (unpaired) electrons. The third-order valence-electron chi connectivity index (χ3n) is 4.22. The van der Waals surface area contributed by atoms with Crippen LogP contribution in [0.5, 0.6) is 0 Å². The van der Waals surface area contributed by atoms with Crippen molar-refractivity contribution in [2.24, 2.45) is 0 Å². The lowest BCUT2D eigenvalue weighted by Gasteiger charge is -2.23. The van der Waals surface area contributed by atoms with Gasteiger partial charge in [-0.2, -0.15) is 0 Å². The molecule has 0 spiro atoms. The molecule has 0 amide bonds. The molecule has 4 heteroatoms. The molecule has 0 fully saturated rings. The molecule has 0 bridgehead atoms. The molecule has 1 unspecified atom stereocenters. The van der Waals surface area contributed by atoms with Crippen molar-refractivity contribution < 1.29 is 14.3 Å². The van der Waals surface area contributed by atoms with Crippen LogP contribution < -0.4 is 5.32 Å². The van der Waals surface area contributed by atoms with Gasteiger partial charge in [-0.1, -0.05) is 30.3 Å². The third-order valence-corrected chi connectivity index (χ3v) is 4.22. The molecular weight excluding hydrogens is 314 g/mol. The van der Waals surface area contributed by atoms with E-state index in [1.54, 1.807) is 25.1 Å². The van der Waals surface area contributed by atoms with E-state index in [4.69, 9.17) is 4.74 Å². The molecule has 2 aromatic rings. The predicted molar refractivity (Wildman–Crippen MR) is 97.5 cm³/mol. The summed E-state index contributed by atoms with van der Waals surface area (Å²) in [4.78, 5) is 23.8. The lowest BCUT2D eigenvalue weighted by Crippen LogP contribution is -2.16. The van der Waals surface area contributed by atoms with Gasteiger partial charge in [0, 0.05) is 23.9 Å². The zero-order chi connectivity index (χ0) is 17.6. The molecule has 0 heterocycles. The number of benzene rings is 2. The van der Waals surface area contributed by atoms with E-state index in [0.717, 1.165) is 17.8 Å². The highest BCUT2D eigenvalue weighted by Crippen LogP contribution is 2.31. The highest BCUT2D eigenvalue weighted by molar-refractivity contribution is 5.93. The minimum absolute atomic E-state index is 0.130. The second-order valence-corrected chi connectivity index (χ2v) is 6.07. The number of hydrogen-bond acceptors (Lipinski definition) is 4. The lowest BCUT2D eigenvalue weighted by molar-refractivity contribution is -0.115. The first-order valence-corrected chi connectivity index (χ1v) is 8.48. The van der Waals surface area contributed by atoms with Gasteiger partial charge in [-0.25, -0.2) is 4.79 Å². The maximum atomic E-state index is 12.1. The standard InChI is InChI=1S/C21H21NO3/c1-2-25-21(24)16-8-10-18(11-9-16)22-19-12-17(13-20(23)14-19)15-6-4-3-5-7-15/h3-11,14,17,22H,2,12-13H2,1H3. The van der Waals surface area contributed by atoms with Crippen LogP contribution in [0.4, 0.5) is 5.69 Å². The second kappa shape index (κ2) is 7.79. The van der Waals surface area contributed by atoms with Crippen LogP contribution in [-0.4, -0.2) is 18.4 Å². The Morgan fingerprint density at radius 2 is 1.80 bits per heavy atom. The smallest absolute Gasteiger partial charge is 0.338 e. The van der Waals surface area contributed by atoms with Gasteiger partial charge in [0.25, 0.3) is 0 Å². The number of anilines is 1. The molecule has 0 aliphatic heterocycles. The number of hydrogen-bond donors (Lipinski definition) is 1. The van der Waals surface area contributed by atoms with Crippen molar-refractivity contribution in [2.45, 2.75) is 25.7 Å². The number of carbonyl (C=O) groups is 2. The minimum Gasteiger partial charge on any atom is -0.462 e. The molecule has 4 nitrogen and oxygen atoms in total. The molecule has 1 atom stereocenters. The summed E-state index contributed by atoms with van der Waals surface area (Å²) in [6, 6.07) is 17.2. The summed E-state index contributed by atoms with van der Waals surface area (Å²) in [5.74, 6) is -0.00370. The average molecular weight is 335 g/mol. The van der Waals surface area contributed by atoms with Crippen molar-refractivity contribution in [2.75, 3.05) is 11.9 Å². The fourth-order valence-corrected chi connectivity index (χ4v) is 3.03. The van der Waals surface area contributed by atoms with Crippen LogP contribution in [0.15, 0.2) is 66.4 Å². The number of allylic oxidation sites excluding steroid dienone is 2. The molecular formula is C21H21NO3. The van der Waals surface area contributed by atoms with Crippen LogP contribution in [0.1, 0.15) is 41.6 Å². The number of rotatable bonds is 5. The summed E-state index contributed by atoms with van der Waals surface area (Å²) in [6.07, 6.45) is 3.01. The molecule has 25 heavy (non-hydrogen) atoms. The summed E-state index contributed by atoms with van der Waals surface area (Å²) in [5, 5.41) is 3.30. The van der Waals surface area contributed by atoms with Crippen molar-refractivity contribution >= 4 is 17.4 Å². The monoisotopic (exact) mass is 335 g/mol. The van der Waals surface area contributed by atoms with E-state index in [-0.39, 0.29) is 17.7 Å². The van der Waals surface area contributed by atoms with Crippen molar-refractivity contribution in [3.8, 4) is 0 Å². The molecule has 1 aliphatic carbocycles. The van der Waals surface area contributed by atoms with Crippen LogP contribution in [0.3, 0.4) is 0 Å². The van der Waals surface area contributed by atoms with E-state index >= 15 is 0 Å². The van der Waals surface area contributed by atoms with Gasteiger partial charge in [0.05, 0.1) is 12.2 Å². The molecule has 2 aromatic carbocycles. The van der Waals surface area contributed by atoms with Crippen LogP contribution >= 0.6 is 0 Å². The van der Waals surface area contributed by atoms with Crippen LogP contribution in [0.2, 0.25) is 0 Å². The Bertz CT molecular complexity index is 779. The Morgan fingerprint density at radius 3 is 2.48 bits per heavy atom. The van der Waals surface area contributed by atoms with E-state index in [1.165, 1.54) is 5.56 Å². The molecule has 1 aliphatic rings. The number of nitrogens with one attached hydrogen (secondary N) is 1. The number of esters is 1. The second-order valence-electron chi connectivity index (χ2n) is 6.07. The Balaban J connectivity index is 1.69. The Labute approximate surface area is 147 Å². The van der Waals surface area contributed by atoms with Gasteiger partial charge < -0.3 is 10.1 Å². The minimum atomic E-state index is -0.328. The zero-order valence-electron chi connectivity index (χ0n) is 14.2. The fourth-order valence-electron chi connectivity index (χ4n) is 3.03. The SMILES string of the molecule is CCOC(=O)c1ccc(NC2=CC(=O)CC(c3ccccc3)C2)cc1. The summed E-state index contributed by atoms with van der Waals surface area (Å²) < 4.78 is 4.98. The maximum absolute atomic E-state index is 12.1. The first-order valence-electron chi connectivity index (χ1n) is 8.48. The topological polar surface area (TPSA) is 55.4 Å². The quantitative estimate of drug-likeness (QED) is 0.828. The molecule has 0 saturated carbocycles. The lowest BCUT2D eigenvalue weighted by atomic mass is 9.85. The van der Waals surface area contributed by atoms with E-state index < -0.39 is 0 Å². The van der Waals surface area contributed by atoms with Crippen molar-refractivity contribution in [3.05, 3.63) is 77.5 Å². The first kappa shape index (κ1) is 17.0. The molecule has 128 valence electrons. The number of ketones is 1. The van der Waals surface area contributed by atoms with E-state index in [1.807, 2.05) is 30.3 Å². The van der Waals surface area contributed by atoms with Gasteiger partial charge in [-0.3, -0.25) is 4.79 Å². The van der Waals surface area contributed by atoms with E-state index in [0.29, 0.717) is 18.6 Å². The highest BCUT2D eigenvalue weighted by Gasteiger charge is 2.22. The van der Waals surface area contributed by atoms with Gasteiger partial charge in [-0.05, 0) is 49.1 Å². The predicted octanol–water partition coefficient (Wildman–Crippen LogP) is 4.31. The third kappa shape index (κ3) is 4.35. The van der Waals surface area contributed by atoms with Crippen LogP contribution in [0.25, 0.3) is 0 Å². The van der Waals surface area contributed by atoms with Gasteiger partial charge in [0.1, 0.15) is 0 Å². The molecule has 0 aromatic heterocycles. The van der Waals surface area contributed by atoms with Crippen LogP contribution in [0, 0.1) is 0 Å². The normalized spacial score (nSPS) is 16.9. The average Bonchev–Trinajstić information content (AvgIpc) is 2.63. The van der Waals surface area contributed by atoms with Crippen molar-refractivity contribution in [1.82, 2.24) is 0 Å². The largest absolute Gasteiger partial charge is 0.462 e. The number of ether oxygens (including phenoxy) is 1. The van der Waals surface area contributed by atoms with Gasteiger partial charge in [0.15, 0.2) is 5.78 Å². The first-order chi connectivity index (χ1) is 12.2. The maximum Gasteiger partial charge on any atom is 0.338 e. The van der Waals surface area contributed by atoms with E-state index in [2.05, 4.69) is 17.4 Å². The molecule has 1 N–H and O–H groups in total. The molecule has 3 rings (SSSR count).